The van der Waals surface area contributed by atoms with Crippen LogP contribution in [0.5, 0.6) is 0 Å². The Kier molecular flexibility index (Phi) is 14.6. The number of hydrogen-bond acceptors (Lipinski definition) is 0. The van der Waals surface area contributed by atoms with Crippen LogP contribution in [0.25, 0.3) is 0 Å². The van der Waals surface area contributed by atoms with Crippen LogP contribution in [-0.2, 0) is 0 Å². The van der Waals surface area contributed by atoms with Gasteiger partial charge in [-0.3, -0.25) is 0 Å². The molecular weight excluding hydrogens is 216 g/mol. The quantitative estimate of drug-likeness (QED) is 0.243. The summed E-state index contributed by atoms with van der Waals surface area (Å²) in [7, 11) is 0. The summed E-state index contributed by atoms with van der Waals surface area (Å²) in [6, 6.07) is 0. The molecule has 18 heavy (non-hydrogen) atoms. The molecule has 0 aromatic carbocycles. The van der Waals surface area contributed by atoms with Gasteiger partial charge < -0.3 is 0 Å². The molecule has 0 aliphatic heterocycles. The van der Waals surface area contributed by atoms with Crippen LogP contribution in [0.1, 0.15) is 104 Å². The molecule has 0 N–H and O–H groups in total. The van der Waals surface area contributed by atoms with E-state index in [9.17, 15) is 0 Å². The second kappa shape index (κ2) is 14.8. The molecule has 0 saturated heterocycles. The lowest BCUT2D eigenvalue weighted by molar-refractivity contribution is 0.549. The van der Waals surface area contributed by atoms with Gasteiger partial charge in [0, 0.05) is 0 Å². The summed E-state index contributed by atoms with van der Waals surface area (Å²) in [5.41, 5.74) is 1.59. The van der Waals surface area contributed by atoms with Gasteiger partial charge in [0.1, 0.15) is 0 Å². The third-order valence-corrected chi connectivity index (χ3v) is 3.73. The Bertz CT molecular complexity index is 178. The molecule has 0 aromatic rings. The fraction of sp³-hybridized carbons (Fsp3) is 0.889. The Morgan fingerprint density at radius 3 is 1.56 bits per heavy atom. The molecule has 0 rings (SSSR count). The summed E-state index contributed by atoms with van der Waals surface area (Å²) in [4.78, 5) is 0. The Hall–Kier alpha value is -0.260. The largest absolute Gasteiger partial charge is 0.0859 e. The minimum absolute atomic E-state index is 1.20. The smallest absolute Gasteiger partial charge is 0.0323 e. The molecule has 0 amide bonds. The Labute approximate surface area is 116 Å². The minimum Gasteiger partial charge on any atom is -0.0859 e. The van der Waals surface area contributed by atoms with Crippen LogP contribution in [0.4, 0.5) is 0 Å². The second-order valence-electron chi connectivity index (χ2n) is 5.74. The normalized spacial score (nSPS) is 12.1. The van der Waals surface area contributed by atoms with E-state index in [0.29, 0.717) is 0 Å². The van der Waals surface area contributed by atoms with E-state index in [0.717, 1.165) is 0 Å². The van der Waals surface area contributed by atoms with Crippen molar-refractivity contribution in [1.82, 2.24) is 0 Å². The van der Waals surface area contributed by atoms with Crippen molar-refractivity contribution in [2.24, 2.45) is 0 Å². The van der Waals surface area contributed by atoms with Crippen LogP contribution in [0.15, 0.2) is 11.6 Å². The molecule has 0 unspecified atom stereocenters. The fourth-order valence-electron chi connectivity index (χ4n) is 2.52. The van der Waals surface area contributed by atoms with Crippen LogP contribution in [-0.4, -0.2) is 0 Å². The highest BCUT2D eigenvalue weighted by Gasteiger charge is 1.94. The van der Waals surface area contributed by atoms with Gasteiger partial charge in [-0.25, -0.2) is 0 Å². The highest BCUT2D eigenvalue weighted by molar-refractivity contribution is 4.96. The van der Waals surface area contributed by atoms with Crippen molar-refractivity contribution in [2.45, 2.75) is 104 Å². The number of unbranched alkanes of at least 4 members (excludes halogenated alkanes) is 10. The number of rotatable bonds is 13. The van der Waals surface area contributed by atoms with Crippen LogP contribution in [0.2, 0.25) is 0 Å². The lowest BCUT2D eigenvalue weighted by atomic mass is 10.0. The molecule has 0 atom stereocenters. The van der Waals surface area contributed by atoms with Crippen LogP contribution in [0.3, 0.4) is 0 Å². The zero-order chi connectivity index (χ0) is 13.5. The van der Waals surface area contributed by atoms with E-state index >= 15 is 0 Å². The monoisotopic (exact) mass is 252 g/mol. The second-order valence-corrected chi connectivity index (χ2v) is 5.74. The van der Waals surface area contributed by atoms with Crippen molar-refractivity contribution < 1.29 is 0 Å². The molecule has 0 aliphatic carbocycles. The maximum absolute atomic E-state index is 2.37. The third-order valence-electron chi connectivity index (χ3n) is 3.73. The molecule has 0 saturated carbocycles. The summed E-state index contributed by atoms with van der Waals surface area (Å²) in [6.07, 6.45) is 20.8. The van der Waals surface area contributed by atoms with Gasteiger partial charge in [-0.05, 0) is 26.2 Å². The van der Waals surface area contributed by atoms with Crippen molar-refractivity contribution in [2.75, 3.05) is 0 Å². The SMILES string of the molecule is CCC=C(C)CCCCCCCCCCCCC. The van der Waals surface area contributed by atoms with E-state index in [4.69, 9.17) is 0 Å². The van der Waals surface area contributed by atoms with E-state index in [1.54, 1.807) is 5.57 Å². The van der Waals surface area contributed by atoms with Crippen molar-refractivity contribution in [3.8, 4) is 0 Å². The Morgan fingerprint density at radius 2 is 1.11 bits per heavy atom. The predicted octanol–water partition coefficient (Wildman–Crippen LogP) is 7.04. The standard InChI is InChI=1S/C18H36/c1-4-6-7-8-9-10-11-12-13-14-15-17-18(3)16-5-2/h16H,4-15,17H2,1-3H3. The number of allylic oxidation sites excluding steroid dienone is 2. The van der Waals surface area contributed by atoms with E-state index in [1.807, 2.05) is 0 Å². The summed E-state index contributed by atoms with van der Waals surface area (Å²) in [5.74, 6) is 0. The first kappa shape index (κ1) is 17.7. The van der Waals surface area contributed by atoms with Gasteiger partial charge in [-0.15, -0.1) is 0 Å². The average molecular weight is 252 g/mol. The average Bonchev–Trinajstić information content (AvgIpc) is 2.36. The Morgan fingerprint density at radius 1 is 0.667 bits per heavy atom. The molecule has 0 heteroatoms. The lowest BCUT2D eigenvalue weighted by Gasteiger charge is -2.03. The van der Waals surface area contributed by atoms with Gasteiger partial charge in [0.05, 0.1) is 0 Å². The van der Waals surface area contributed by atoms with Gasteiger partial charge in [-0.2, -0.15) is 0 Å². The molecule has 0 aliphatic rings. The predicted molar refractivity (Wildman–Crippen MR) is 85.1 cm³/mol. The molecule has 108 valence electrons. The highest BCUT2D eigenvalue weighted by atomic mass is 14.0. The molecular formula is C18H36. The molecule has 0 fully saturated rings. The van der Waals surface area contributed by atoms with E-state index < -0.39 is 0 Å². The molecule has 0 aromatic heterocycles. The fourth-order valence-corrected chi connectivity index (χ4v) is 2.52. The van der Waals surface area contributed by atoms with E-state index in [1.165, 1.54) is 83.5 Å². The highest BCUT2D eigenvalue weighted by Crippen LogP contribution is 2.13. The van der Waals surface area contributed by atoms with Crippen LogP contribution < -0.4 is 0 Å². The molecule has 0 bridgehead atoms. The lowest BCUT2D eigenvalue weighted by Crippen LogP contribution is -1.83. The molecule has 0 heterocycles. The summed E-state index contributed by atoms with van der Waals surface area (Å²) >= 11 is 0. The van der Waals surface area contributed by atoms with Gasteiger partial charge in [0.15, 0.2) is 0 Å². The first-order valence-electron chi connectivity index (χ1n) is 8.46. The number of hydrogen-bond donors (Lipinski definition) is 0. The third kappa shape index (κ3) is 13.8. The first-order valence-corrected chi connectivity index (χ1v) is 8.46. The Balaban J connectivity index is 3.05. The maximum atomic E-state index is 2.37. The molecule has 0 radical (unpaired) electrons. The van der Waals surface area contributed by atoms with Gasteiger partial charge in [0.25, 0.3) is 0 Å². The van der Waals surface area contributed by atoms with Gasteiger partial charge in [-0.1, -0.05) is 89.7 Å². The summed E-state index contributed by atoms with van der Waals surface area (Å²) < 4.78 is 0. The zero-order valence-electron chi connectivity index (χ0n) is 13.3. The molecule has 0 spiro atoms. The first-order chi connectivity index (χ1) is 8.81. The van der Waals surface area contributed by atoms with Crippen molar-refractivity contribution in [1.29, 1.82) is 0 Å². The zero-order valence-corrected chi connectivity index (χ0v) is 13.3. The van der Waals surface area contributed by atoms with Gasteiger partial charge in [0.2, 0.25) is 0 Å². The van der Waals surface area contributed by atoms with Crippen LogP contribution in [0, 0.1) is 0 Å². The minimum atomic E-state index is 1.20. The van der Waals surface area contributed by atoms with Crippen molar-refractivity contribution in [3.63, 3.8) is 0 Å². The maximum Gasteiger partial charge on any atom is -0.0323 e. The van der Waals surface area contributed by atoms with Crippen molar-refractivity contribution >= 4 is 0 Å². The van der Waals surface area contributed by atoms with Crippen LogP contribution >= 0.6 is 0 Å². The van der Waals surface area contributed by atoms with Crippen molar-refractivity contribution in [3.05, 3.63) is 11.6 Å². The summed E-state index contributed by atoms with van der Waals surface area (Å²) in [5, 5.41) is 0. The molecule has 0 nitrogen and oxygen atoms in total. The van der Waals surface area contributed by atoms with E-state index in [2.05, 4.69) is 26.8 Å². The van der Waals surface area contributed by atoms with Gasteiger partial charge >= 0.3 is 0 Å². The van der Waals surface area contributed by atoms with E-state index in [-0.39, 0.29) is 0 Å². The topological polar surface area (TPSA) is 0 Å². The summed E-state index contributed by atoms with van der Waals surface area (Å²) in [6.45, 7) is 6.79.